The third kappa shape index (κ3) is 6.54. The highest BCUT2D eigenvalue weighted by atomic mass is 32.3. The molecule has 12 nitrogen and oxygen atoms in total. The van der Waals surface area contributed by atoms with E-state index in [-0.39, 0.29) is 59.1 Å². The maximum Gasteiger partial charge on any atom is 0.303 e. The number of aliphatic carboxylic acids is 1. The summed E-state index contributed by atoms with van der Waals surface area (Å²) in [4.78, 5) is 11.2. The van der Waals surface area contributed by atoms with Crippen LogP contribution in [0.25, 0.3) is 0 Å². The summed E-state index contributed by atoms with van der Waals surface area (Å²) in [5, 5.41) is 9.16. The van der Waals surface area contributed by atoms with E-state index >= 15 is 0 Å². The fourth-order valence-electron chi connectivity index (χ4n) is 9.19. The summed E-state index contributed by atoms with van der Waals surface area (Å²) in [6, 6.07) is 0. The fraction of sp³-hybridized carbons (Fsp3) is 0.958. The summed E-state index contributed by atoms with van der Waals surface area (Å²) in [6.07, 6.45) is 4.38. The molecule has 0 bridgehead atoms. The van der Waals surface area contributed by atoms with E-state index in [1.165, 1.54) is 0 Å². The lowest BCUT2D eigenvalue weighted by Gasteiger charge is -2.63. The Morgan fingerprint density at radius 3 is 2.08 bits per heavy atom. The summed E-state index contributed by atoms with van der Waals surface area (Å²) < 4.78 is 78.9. The van der Waals surface area contributed by atoms with Crippen LogP contribution in [0.5, 0.6) is 0 Å². The maximum atomic E-state index is 11.8. The lowest BCUT2D eigenvalue weighted by atomic mass is 9.43. The van der Waals surface area contributed by atoms with E-state index in [9.17, 15) is 30.7 Å². The van der Waals surface area contributed by atoms with Crippen molar-refractivity contribution in [1.82, 2.24) is 12.3 Å². The van der Waals surface area contributed by atoms with Gasteiger partial charge in [-0.15, -0.1) is 0 Å². The molecule has 0 aromatic carbocycles. The Morgan fingerprint density at radius 1 is 0.921 bits per heavy atom. The van der Waals surface area contributed by atoms with Crippen molar-refractivity contribution < 1.29 is 44.2 Å². The largest absolute Gasteiger partial charge is 0.726 e. The van der Waals surface area contributed by atoms with Crippen molar-refractivity contribution in [3.05, 3.63) is 0 Å². The van der Waals surface area contributed by atoms with Gasteiger partial charge in [-0.25, -0.2) is 16.8 Å². The van der Waals surface area contributed by atoms with Gasteiger partial charge in [0, 0.05) is 6.42 Å². The molecular formula is C24H46N2O10S2. The van der Waals surface area contributed by atoms with Gasteiger partial charge < -0.3 is 26.5 Å². The number of carboxylic acid groups (broad SMARTS) is 1. The molecule has 4 aliphatic rings. The molecule has 224 valence electrons. The average molecular weight is 587 g/mol. The van der Waals surface area contributed by atoms with Crippen molar-refractivity contribution >= 4 is 26.8 Å². The summed E-state index contributed by atoms with van der Waals surface area (Å²) in [5.41, 5.74) is -0.314. The number of carboxylic acids is 1. The molecule has 4 aliphatic carbocycles. The van der Waals surface area contributed by atoms with Gasteiger partial charge in [0.1, 0.15) is 0 Å². The molecular weight excluding hydrogens is 540 g/mol. The highest BCUT2D eigenvalue weighted by Crippen LogP contribution is 2.69. The molecule has 0 amide bonds. The minimum atomic E-state index is -4.96. The minimum absolute atomic E-state index is 0. The summed E-state index contributed by atoms with van der Waals surface area (Å²) in [5.74, 6) is -0.316. The molecule has 4 rings (SSSR count). The molecule has 0 saturated heterocycles. The molecule has 0 aromatic rings. The monoisotopic (exact) mass is 586 g/mol. The Hall–Kier alpha value is -0.870. The summed E-state index contributed by atoms with van der Waals surface area (Å²) in [7, 11) is -9.82. The lowest BCUT2D eigenvalue weighted by molar-refractivity contribution is -0.167. The van der Waals surface area contributed by atoms with E-state index < -0.39 is 39.0 Å². The van der Waals surface area contributed by atoms with Gasteiger partial charge in [-0.05, 0) is 104 Å². The molecule has 0 aliphatic heterocycles. The second kappa shape index (κ2) is 11.6. The van der Waals surface area contributed by atoms with E-state index in [0.717, 1.165) is 25.7 Å². The van der Waals surface area contributed by atoms with Crippen LogP contribution < -0.4 is 12.3 Å². The topological polar surface area (TPSA) is 243 Å². The Balaban J connectivity index is 0.00000253. The number of hydrogen-bond donors (Lipinski definition) is 3. The Labute approximate surface area is 226 Å². The summed E-state index contributed by atoms with van der Waals surface area (Å²) in [6.45, 7) is 6.51. The molecule has 0 unspecified atom stereocenters. The lowest BCUT2D eigenvalue weighted by Crippen LogP contribution is -2.59. The van der Waals surface area contributed by atoms with E-state index in [1.54, 1.807) is 0 Å². The van der Waals surface area contributed by atoms with Crippen LogP contribution in [-0.2, 0) is 34.0 Å². The van der Waals surface area contributed by atoms with Crippen molar-refractivity contribution in [1.29, 1.82) is 0 Å². The first-order valence-electron chi connectivity index (χ1n) is 13.0. The van der Waals surface area contributed by atoms with E-state index in [0.29, 0.717) is 38.0 Å². The molecule has 0 aromatic heterocycles. The second-order valence-corrected chi connectivity index (χ2v) is 14.3. The van der Waals surface area contributed by atoms with E-state index in [2.05, 4.69) is 20.8 Å². The Kier molecular flexibility index (Phi) is 10.1. The van der Waals surface area contributed by atoms with Gasteiger partial charge in [0.25, 0.3) is 0 Å². The zero-order valence-corrected chi connectivity index (χ0v) is 24.8. The molecule has 14 heteroatoms. The average Bonchev–Trinajstić information content (AvgIpc) is 3.08. The van der Waals surface area contributed by atoms with Crippen molar-refractivity contribution in [2.45, 2.75) is 97.2 Å². The molecule has 4 saturated carbocycles. The fourth-order valence-corrected chi connectivity index (χ4v) is 10.2. The summed E-state index contributed by atoms with van der Waals surface area (Å²) >= 11 is 0. The Morgan fingerprint density at radius 2 is 1.50 bits per heavy atom. The zero-order chi connectivity index (χ0) is 26.7. The normalized spacial score (nSPS) is 41.4. The zero-order valence-electron chi connectivity index (χ0n) is 23.1. The third-order valence-corrected chi connectivity index (χ3v) is 11.7. The van der Waals surface area contributed by atoms with Gasteiger partial charge in [0.2, 0.25) is 20.8 Å². The van der Waals surface area contributed by atoms with Crippen molar-refractivity contribution in [3.8, 4) is 0 Å². The first-order valence-corrected chi connectivity index (χ1v) is 15.7. The predicted octanol–water partition coefficient (Wildman–Crippen LogP) is 4.20. The van der Waals surface area contributed by atoms with Crippen LogP contribution >= 0.6 is 0 Å². The highest BCUT2D eigenvalue weighted by molar-refractivity contribution is 7.81. The first-order chi connectivity index (χ1) is 16.5. The Bertz CT molecular complexity index is 1070. The minimum Gasteiger partial charge on any atom is -0.726 e. The molecule has 10 atom stereocenters. The SMILES string of the molecule is C[C@H](CCC(=O)O)[C@H]1CC[C@H]2[C@@H]3[C@@H](OS(=O)(=O)[O-])C[C@@H]4C[C@H](OS(=O)(=O)[O-])CC[C@]4(C)[C@H]3CC[C@]12C.[NH4+].[NH4+]. The second-order valence-electron chi connectivity index (χ2n) is 12.3. The van der Waals surface area contributed by atoms with Crippen LogP contribution in [-0.4, -0.2) is 49.2 Å². The van der Waals surface area contributed by atoms with Crippen LogP contribution in [0.15, 0.2) is 0 Å². The highest BCUT2D eigenvalue weighted by Gasteiger charge is 2.63. The van der Waals surface area contributed by atoms with E-state index in [1.807, 2.05) is 0 Å². The smallest absolute Gasteiger partial charge is 0.303 e. The van der Waals surface area contributed by atoms with Gasteiger partial charge >= 0.3 is 5.97 Å². The number of rotatable bonds is 8. The number of quaternary nitrogens is 2. The first kappa shape index (κ1) is 33.3. The predicted molar refractivity (Wildman–Crippen MR) is 138 cm³/mol. The van der Waals surface area contributed by atoms with Gasteiger partial charge in [-0.3, -0.25) is 13.2 Å². The van der Waals surface area contributed by atoms with Gasteiger partial charge in [-0.1, -0.05) is 20.8 Å². The van der Waals surface area contributed by atoms with Crippen LogP contribution in [0.2, 0.25) is 0 Å². The van der Waals surface area contributed by atoms with E-state index in [4.69, 9.17) is 13.5 Å². The van der Waals surface area contributed by atoms with Gasteiger partial charge in [0.15, 0.2) is 0 Å². The van der Waals surface area contributed by atoms with Gasteiger partial charge in [0.05, 0.1) is 12.2 Å². The van der Waals surface area contributed by atoms with Crippen LogP contribution in [0.4, 0.5) is 0 Å². The molecule has 9 N–H and O–H groups in total. The van der Waals surface area contributed by atoms with Crippen molar-refractivity contribution in [2.24, 2.45) is 46.3 Å². The van der Waals surface area contributed by atoms with Crippen molar-refractivity contribution in [3.63, 3.8) is 0 Å². The standard InChI is InChI=1S/C24H40O10S2.2H3N/c1-14(4-7-21(25)26)17-5-6-18-22-19(9-11-24(17,18)3)23(2)10-8-16(33-35(27,28)29)12-15(23)13-20(22)34-36(30,31)32;;/h14-20,22H,4-13H2,1-3H3,(H,25,26)(H,27,28,29)(H,30,31,32);2*1H3/t14-,15+,16-,17-,18+,19+,20+,22+,23+,24-;;/m1../s1. The molecule has 0 heterocycles. The molecule has 4 fully saturated rings. The van der Waals surface area contributed by atoms with Crippen LogP contribution in [0.1, 0.15) is 85.0 Å². The molecule has 38 heavy (non-hydrogen) atoms. The quantitative estimate of drug-likeness (QED) is 0.270. The number of carbonyl (C=O) groups is 1. The number of hydrogen-bond acceptors (Lipinski definition) is 9. The maximum absolute atomic E-state index is 11.8. The number of fused-ring (bicyclic) bond motifs is 5. The molecule has 0 spiro atoms. The van der Waals surface area contributed by atoms with Gasteiger partial charge in [-0.2, -0.15) is 0 Å². The van der Waals surface area contributed by atoms with Crippen molar-refractivity contribution in [2.75, 3.05) is 0 Å². The molecule has 0 radical (unpaired) electrons. The van der Waals surface area contributed by atoms with Crippen LogP contribution in [0, 0.1) is 46.3 Å². The third-order valence-electron chi connectivity index (χ3n) is 10.7. The van der Waals surface area contributed by atoms with Crippen LogP contribution in [0.3, 0.4) is 0 Å².